The molecule has 9 aromatic carbocycles. The summed E-state index contributed by atoms with van der Waals surface area (Å²) in [4.78, 5) is 15.5. The van der Waals surface area contributed by atoms with Crippen molar-refractivity contribution in [2.75, 3.05) is 0 Å². The van der Waals surface area contributed by atoms with Gasteiger partial charge in [-0.15, -0.1) is 0 Å². The van der Waals surface area contributed by atoms with Gasteiger partial charge in [-0.2, -0.15) is 0 Å². The Kier molecular flexibility index (Phi) is 7.54. The van der Waals surface area contributed by atoms with Gasteiger partial charge in [0.25, 0.3) is 0 Å². The summed E-state index contributed by atoms with van der Waals surface area (Å²) in [6, 6.07) is 66.6. The van der Waals surface area contributed by atoms with Gasteiger partial charge in [0.2, 0.25) is 0 Å². The average molecular weight is 768 g/mol. The molecule has 0 fully saturated rings. The second-order valence-electron chi connectivity index (χ2n) is 16.4. The number of hydrogen-bond donors (Lipinski definition) is 0. The summed E-state index contributed by atoms with van der Waals surface area (Å²) in [7, 11) is 0. The summed E-state index contributed by atoms with van der Waals surface area (Å²) in [5, 5.41) is 6.76. The Hall–Kier alpha value is -7.69. The van der Waals surface area contributed by atoms with Gasteiger partial charge in [0.15, 0.2) is 17.5 Å². The molecule has 282 valence electrons. The maximum Gasteiger partial charge on any atom is 0.164 e. The minimum Gasteiger partial charge on any atom is -0.455 e. The highest BCUT2D eigenvalue weighted by Crippen LogP contribution is 2.50. The Labute approximate surface area is 347 Å². The van der Waals surface area contributed by atoms with Crippen LogP contribution in [0.15, 0.2) is 192 Å². The molecule has 60 heavy (non-hydrogen) atoms. The molecule has 0 bridgehead atoms. The fraction of sp³-hybridized carbons (Fsp3) is 0.0536. The summed E-state index contributed by atoms with van der Waals surface area (Å²) in [5.41, 5.74) is 14.2. The van der Waals surface area contributed by atoms with Crippen LogP contribution < -0.4 is 0 Å². The third-order valence-electron chi connectivity index (χ3n) is 12.5. The standard InChI is InChI=1S/C56H37N3O/c1-56(2)48-22-11-10-18-43(48)44-30-29-40(32-49(44)56)41-20-12-21-46-51-45-19-9-8-17-42(45)47(33-50(51)60-52(41)46)55-58-53(36-14-4-3-5-15-36)57-54(59-55)37-26-23-35(24-27-37)39-28-25-34-13-6-7-16-38(34)31-39/h3-33H,1-2H3. The van der Waals surface area contributed by atoms with Gasteiger partial charge in [0.05, 0.1) is 0 Å². The molecule has 0 aliphatic heterocycles. The molecule has 4 heteroatoms. The summed E-state index contributed by atoms with van der Waals surface area (Å²) in [6.45, 7) is 4.65. The zero-order valence-electron chi connectivity index (χ0n) is 33.1. The zero-order valence-corrected chi connectivity index (χ0v) is 33.1. The molecule has 1 aliphatic rings. The summed E-state index contributed by atoms with van der Waals surface area (Å²) >= 11 is 0. The van der Waals surface area contributed by atoms with E-state index in [1.807, 2.05) is 30.3 Å². The molecule has 2 aromatic heterocycles. The second-order valence-corrected chi connectivity index (χ2v) is 16.4. The molecule has 0 N–H and O–H groups in total. The van der Waals surface area contributed by atoms with Crippen LogP contribution in [-0.2, 0) is 5.41 Å². The Morgan fingerprint density at radius 2 is 0.967 bits per heavy atom. The van der Waals surface area contributed by atoms with E-state index in [1.165, 1.54) is 38.6 Å². The molecule has 4 nitrogen and oxygen atoms in total. The molecule has 12 rings (SSSR count). The van der Waals surface area contributed by atoms with Crippen molar-refractivity contribution in [3.05, 3.63) is 199 Å². The van der Waals surface area contributed by atoms with Gasteiger partial charge in [0.1, 0.15) is 11.2 Å². The van der Waals surface area contributed by atoms with Crippen LogP contribution in [0.25, 0.3) is 111 Å². The lowest BCUT2D eigenvalue weighted by Crippen LogP contribution is -2.14. The van der Waals surface area contributed by atoms with Crippen molar-refractivity contribution in [2.24, 2.45) is 0 Å². The number of fused-ring (bicyclic) bond motifs is 9. The zero-order chi connectivity index (χ0) is 40.0. The lowest BCUT2D eigenvalue weighted by atomic mass is 9.81. The van der Waals surface area contributed by atoms with Gasteiger partial charge in [0, 0.05) is 38.4 Å². The van der Waals surface area contributed by atoms with E-state index in [-0.39, 0.29) is 5.41 Å². The smallest absolute Gasteiger partial charge is 0.164 e. The minimum absolute atomic E-state index is 0.101. The van der Waals surface area contributed by atoms with Crippen molar-refractivity contribution in [3.8, 4) is 67.5 Å². The van der Waals surface area contributed by atoms with Crippen LogP contribution in [0.3, 0.4) is 0 Å². The van der Waals surface area contributed by atoms with Crippen LogP contribution in [0.5, 0.6) is 0 Å². The molecule has 0 radical (unpaired) electrons. The van der Waals surface area contributed by atoms with Crippen molar-refractivity contribution in [2.45, 2.75) is 19.3 Å². The summed E-state index contributed by atoms with van der Waals surface area (Å²) in [6.07, 6.45) is 0. The van der Waals surface area contributed by atoms with Gasteiger partial charge in [-0.05, 0) is 78.7 Å². The Morgan fingerprint density at radius 3 is 1.80 bits per heavy atom. The quantitative estimate of drug-likeness (QED) is 0.175. The first-order chi connectivity index (χ1) is 29.5. The first kappa shape index (κ1) is 34.4. The van der Waals surface area contributed by atoms with Gasteiger partial charge < -0.3 is 4.42 Å². The maximum atomic E-state index is 6.98. The normalized spacial score (nSPS) is 13.0. The first-order valence-electron chi connectivity index (χ1n) is 20.5. The van der Waals surface area contributed by atoms with E-state index in [0.29, 0.717) is 17.5 Å². The number of para-hydroxylation sites is 1. The van der Waals surface area contributed by atoms with E-state index in [9.17, 15) is 0 Å². The molecular weight excluding hydrogens is 731 g/mol. The molecule has 0 unspecified atom stereocenters. The second kappa shape index (κ2) is 13.2. The monoisotopic (exact) mass is 767 g/mol. The third kappa shape index (κ3) is 5.34. The van der Waals surface area contributed by atoms with Crippen LogP contribution >= 0.6 is 0 Å². The number of furan rings is 1. The Balaban J connectivity index is 1.01. The number of nitrogens with zero attached hydrogens (tertiary/aromatic N) is 3. The van der Waals surface area contributed by atoms with Crippen LogP contribution in [-0.4, -0.2) is 15.0 Å². The average Bonchev–Trinajstić information content (AvgIpc) is 3.80. The summed E-state index contributed by atoms with van der Waals surface area (Å²) < 4.78 is 6.98. The largest absolute Gasteiger partial charge is 0.455 e. The number of aromatic nitrogens is 3. The predicted molar refractivity (Wildman–Crippen MR) is 247 cm³/mol. The van der Waals surface area contributed by atoms with Gasteiger partial charge >= 0.3 is 0 Å². The lowest BCUT2D eigenvalue weighted by molar-refractivity contribution is 0.660. The number of benzene rings is 9. The van der Waals surface area contributed by atoms with Crippen molar-refractivity contribution >= 4 is 43.5 Å². The highest BCUT2D eigenvalue weighted by atomic mass is 16.3. The lowest BCUT2D eigenvalue weighted by Gasteiger charge is -2.22. The van der Waals surface area contributed by atoms with Crippen molar-refractivity contribution in [3.63, 3.8) is 0 Å². The van der Waals surface area contributed by atoms with Crippen LogP contribution in [0, 0.1) is 0 Å². The number of hydrogen-bond acceptors (Lipinski definition) is 4. The Morgan fingerprint density at radius 1 is 0.367 bits per heavy atom. The molecule has 0 amide bonds. The molecule has 2 heterocycles. The fourth-order valence-electron chi connectivity index (χ4n) is 9.47. The van der Waals surface area contributed by atoms with Gasteiger partial charge in [-0.3, -0.25) is 0 Å². The maximum absolute atomic E-state index is 6.98. The highest BCUT2D eigenvalue weighted by Gasteiger charge is 2.35. The van der Waals surface area contributed by atoms with E-state index in [1.54, 1.807) is 0 Å². The van der Waals surface area contributed by atoms with Crippen molar-refractivity contribution in [1.82, 2.24) is 15.0 Å². The van der Waals surface area contributed by atoms with E-state index < -0.39 is 0 Å². The molecule has 0 atom stereocenters. The minimum atomic E-state index is -0.101. The first-order valence-corrected chi connectivity index (χ1v) is 20.5. The van der Waals surface area contributed by atoms with Crippen LogP contribution in [0.2, 0.25) is 0 Å². The Bertz CT molecular complexity index is 3510. The van der Waals surface area contributed by atoms with Crippen LogP contribution in [0.4, 0.5) is 0 Å². The van der Waals surface area contributed by atoms with E-state index >= 15 is 0 Å². The van der Waals surface area contributed by atoms with E-state index in [0.717, 1.165) is 66.1 Å². The topological polar surface area (TPSA) is 51.8 Å². The molecule has 1 aliphatic carbocycles. The fourth-order valence-corrected chi connectivity index (χ4v) is 9.47. The van der Waals surface area contributed by atoms with Gasteiger partial charge in [-0.1, -0.05) is 184 Å². The molecule has 11 aromatic rings. The van der Waals surface area contributed by atoms with Crippen molar-refractivity contribution in [1.29, 1.82) is 0 Å². The molecule has 0 saturated carbocycles. The predicted octanol–water partition coefficient (Wildman–Crippen LogP) is 14.7. The molecule has 0 saturated heterocycles. The SMILES string of the molecule is CC1(C)c2ccccc2-c2ccc(-c3cccc4c3oc3cc(-c5nc(-c6ccccc6)nc(-c6ccc(-c7ccc8ccccc8c7)cc6)n5)c5ccccc5c34)cc21. The van der Waals surface area contributed by atoms with E-state index in [4.69, 9.17) is 19.4 Å². The third-order valence-corrected chi connectivity index (χ3v) is 12.5. The summed E-state index contributed by atoms with van der Waals surface area (Å²) in [5.74, 6) is 1.82. The van der Waals surface area contributed by atoms with E-state index in [2.05, 4.69) is 172 Å². The van der Waals surface area contributed by atoms with Crippen LogP contribution in [0.1, 0.15) is 25.0 Å². The van der Waals surface area contributed by atoms with Gasteiger partial charge in [-0.25, -0.2) is 15.0 Å². The number of rotatable bonds is 5. The highest BCUT2D eigenvalue weighted by molar-refractivity contribution is 6.23. The molecule has 0 spiro atoms. The molecular formula is C56H37N3O. The van der Waals surface area contributed by atoms with Crippen molar-refractivity contribution < 1.29 is 4.42 Å².